The minimum Gasteiger partial charge on any atom is -0.494 e. The van der Waals surface area contributed by atoms with Gasteiger partial charge in [-0.05, 0) is 68.7 Å². The lowest BCUT2D eigenvalue weighted by atomic mass is 10.1. The molecule has 1 N–H and O–H groups in total. The summed E-state index contributed by atoms with van der Waals surface area (Å²) in [5, 5.41) is 2.91. The van der Waals surface area contributed by atoms with Gasteiger partial charge >= 0.3 is 0 Å². The molecule has 0 aliphatic carbocycles. The number of carbonyl (C=O) groups excluding carboxylic acids is 2. The van der Waals surface area contributed by atoms with E-state index in [9.17, 15) is 9.59 Å². The third-order valence-corrected chi connectivity index (χ3v) is 4.52. The van der Waals surface area contributed by atoms with E-state index in [2.05, 4.69) is 5.32 Å². The van der Waals surface area contributed by atoms with Crippen LogP contribution >= 0.6 is 0 Å². The van der Waals surface area contributed by atoms with Crippen molar-refractivity contribution in [1.29, 1.82) is 0 Å². The van der Waals surface area contributed by atoms with Crippen LogP contribution in [0.5, 0.6) is 5.75 Å². The van der Waals surface area contributed by atoms with Gasteiger partial charge in [-0.1, -0.05) is 6.07 Å². The molecule has 5 heteroatoms. The van der Waals surface area contributed by atoms with Crippen molar-refractivity contribution in [2.45, 2.75) is 26.7 Å². The van der Waals surface area contributed by atoms with Gasteiger partial charge < -0.3 is 15.0 Å². The summed E-state index contributed by atoms with van der Waals surface area (Å²) in [6.07, 6.45) is 2.14. The molecule has 0 spiro atoms. The normalized spacial score (nSPS) is 13.5. The van der Waals surface area contributed by atoms with Crippen molar-refractivity contribution in [3.05, 3.63) is 59.2 Å². The van der Waals surface area contributed by atoms with Crippen LogP contribution in [0.2, 0.25) is 0 Å². The van der Waals surface area contributed by atoms with Crippen LogP contribution in [0.1, 0.15) is 46.0 Å². The maximum absolute atomic E-state index is 12.5. The van der Waals surface area contributed by atoms with Gasteiger partial charge in [-0.3, -0.25) is 9.59 Å². The smallest absolute Gasteiger partial charge is 0.255 e. The predicted octanol–water partition coefficient (Wildman–Crippen LogP) is 3.88. The first kappa shape index (κ1) is 18.0. The van der Waals surface area contributed by atoms with Crippen LogP contribution in [0.15, 0.2) is 42.5 Å². The highest BCUT2D eigenvalue weighted by Crippen LogP contribution is 2.21. The van der Waals surface area contributed by atoms with Gasteiger partial charge in [0, 0.05) is 29.9 Å². The highest BCUT2D eigenvalue weighted by Gasteiger charge is 2.20. The number of likely N-dealkylation sites (tertiary alicyclic amines) is 1. The Kier molecular flexibility index (Phi) is 5.56. The molecule has 2 aromatic carbocycles. The Bertz CT molecular complexity index is 811. The Morgan fingerprint density at radius 1 is 1.08 bits per heavy atom. The number of hydrogen-bond donors (Lipinski definition) is 1. The summed E-state index contributed by atoms with van der Waals surface area (Å²) in [7, 11) is 0. The fraction of sp³-hybridized carbons (Fsp3) is 0.333. The van der Waals surface area contributed by atoms with E-state index in [0.29, 0.717) is 29.2 Å². The topological polar surface area (TPSA) is 58.6 Å². The number of ether oxygens (including phenoxy) is 1. The Labute approximate surface area is 154 Å². The number of carbonyl (C=O) groups is 2. The fourth-order valence-electron chi connectivity index (χ4n) is 3.13. The van der Waals surface area contributed by atoms with Gasteiger partial charge in [-0.25, -0.2) is 0 Å². The molecule has 0 bridgehead atoms. The Morgan fingerprint density at radius 2 is 1.85 bits per heavy atom. The molecule has 0 aromatic heterocycles. The van der Waals surface area contributed by atoms with E-state index in [1.54, 1.807) is 30.3 Å². The third-order valence-electron chi connectivity index (χ3n) is 4.52. The molecular weight excluding hydrogens is 328 g/mol. The second-order valence-electron chi connectivity index (χ2n) is 6.44. The van der Waals surface area contributed by atoms with E-state index in [1.165, 1.54) is 0 Å². The number of amides is 2. The summed E-state index contributed by atoms with van der Waals surface area (Å²) < 4.78 is 5.44. The summed E-state index contributed by atoms with van der Waals surface area (Å²) in [6.45, 7) is 6.00. The molecule has 0 atom stereocenters. The van der Waals surface area contributed by atoms with Crippen molar-refractivity contribution in [2.24, 2.45) is 0 Å². The van der Waals surface area contributed by atoms with Crippen molar-refractivity contribution in [1.82, 2.24) is 4.90 Å². The SMILES string of the molecule is CCOc1cccc(C(=O)Nc2ccc(C(=O)N3CCCC3)cc2C)c1. The summed E-state index contributed by atoms with van der Waals surface area (Å²) >= 11 is 0. The van der Waals surface area contributed by atoms with Gasteiger partial charge in [0.15, 0.2) is 0 Å². The monoisotopic (exact) mass is 352 g/mol. The second-order valence-corrected chi connectivity index (χ2v) is 6.44. The van der Waals surface area contributed by atoms with Crippen LogP contribution in [-0.2, 0) is 0 Å². The highest BCUT2D eigenvalue weighted by molar-refractivity contribution is 6.05. The van der Waals surface area contributed by atoms with E-state index in [4.69, 9.17) is 4.74 Å². The van der Waals surface area contributed by atoms with E-state index in [-0.39, 0.29) is 11.8 Å². The third kappa shape index (κ3) is 4.04. The molecular formula is C21H24N2O3. The lowest BCUT2D eigenvalue weighted by Gasteiger charge is -2.16. The number of nitrogens with one attached hydrogen (secondary N) is 1. The minimum absolute atomic E-state index is 0.0629. The number of aryl methyl sites for hydroxylation is 1. The Balaban J connectivity index is 1.72. The number of nitrogens with zero attached hydrogens (tertiary/aromatic N) is 1. The first-order valence-corrected chi connectivity index (χ1v) is 9.02. The molecule has 3 rings (SSSR count). The van der Waals surface area contributed by atoms with Crippen molar-refractivity contribution >= 4 is 17.5 Å². The van der Waals surface area contributed by atoms with E-state index >= 15 is 0 Å². The molecule has 1 fully saturated rings. The van der Waals surface area contributed by atoms with Crippen molar-refractivity contribution in [3.8, 4) is 5.75 Å². The van der Waals surface area contributed by atoms with Crippen molar-refractivity contribution < 1.29 is 14.3 Å². The molecule has 26 heavy (non-hydrogen) atoms. The van der Waals surface area contributed by atoms with E-state index in [1.807, 2.05) is 30.9 Å². The molecule has 0 radical (unpaired) electrons. The zero-order valence-corrected chi connectivity index (χ0v) is 15.2. The molecule has 1 saturated heterocycles. The lowest BCUT2D eigenvalue weighted by Crippen LogP contribution is -2.27. The average Bonchev–Trinajstić information content (AvgIpc) is 3.18. The molecule has 1 aliphatic heterocycles. The largest absolute Gasteiger partial charge is 0.494 e. The Hall–Kier alpha value is -2.82. The van der Waals surface area contributed by atoms with Gasteiger partial charge in [0.05, 0.1) is 6.61 Å². The molecule has 2 aromatic rings. The number of hydrogen-bond acceptors (Lipinski definition) is 3. The van der Waals surface area contributed by atoms with Crippen LogP contribution in [0, 0.1) is 6.92 Å². The number of anilines is 1. The molecule has 2 amide bonds. The maximum atomic E-state index is 12.5. The van der Waals surface area contributed by atoms with Crippen LogP contribution < -0.4 is 10.1 Å². The average molecular weight is 352 g/mol. The number of rotatable bonds is 5. The van der Waals surface area contributed by atoms with Crippen LogP contribution in [0.4, 0.5) is 5.69 Å². The maximum Gasteiger partial charge on any atom is 0.255 e. The zero-order chi connectivity index (χ0) is 18.5. The Morgan fingerprint density at radius 3 is 2.54 bits per heavy atom. The van der Waals surface area contributed by atoms with Crippen molar-refractivity contribution in [2.75, 3.05) is 25.0 Å². The molecule has 0 unspecified atom stereocenters. The second kappa shape index (κ2) is 8.04. The molecule has 5 nitrogen and oxygen atoms in total. The fourth-order valence-corrected chi connectivity index (χ4v) is 3.13. The highest BCUT2D eigenvalue weighted by atomic mass is 16.5. The van der Waals surface area contributed by atoms with Gasteiger partial charge in [0.2, 0.25) is 0 Å². The van der Waals surface area contributed by atoms with E-state index in [0.717, 1.165) is 31.5 Å². The zero-order valence-electron chi connectivity index (χ0n) is 15.2. The van der Waals surface area contributed by atoms with Gasteiger partial charge in [-0.15, -0.1) is 0 Å². The van der Waals surface area contributed by atoms with Crippen molar-refractivity contribution in [3.63, 3.8) is 0 Å². The summed E-state index contributed by atoms with van der Waals surface area (Å²) in [6, 6.07) is 12.5. The quantitative estimate of drug-likeness (QED) is 0.888. The van der Waals surface area contributed by atoms with E-state index < -0.39 is 0 Å². The predicted molar refractivity (Wildman–Crippen MR) is 102 cm³/mol. The first-order chi connectivity index (χ1) is 12.6. The molecule has 0 saturated carbocycles. The molecule has 1 aliphatic rings. The number of benzene rings is 2. The summed E-state index contributed by atoms with van der Waals surface area (Å²) in [4.78, 5) is 26.9. The van der Waals surface area contributed by atoms with Gasteiger partial charge in [0.25, 0.3) is 11.8 Å². The standard InChI is InChI=1S/C21H24N2O3/c1-3-26-18-8-6-7-16(14-18)20(24)22-19-10-9-17(13-15(19)2)21(25)23-11-4-5-12-23/h6-10,13-14H,3-5,11-12H2,1-2H3,(H,22,24). The van der Waals surface area contributed by atoms with Crippen LogP contribution in [-0.4, -0.2) is 36.4 Å². The lowest BCUT2D eigenvalue weighted by molar-refractivity contribution is 0.0792. The molecule has 1 heterocycles. The van der Waals surface area contributed by atoms with Gasteiger partial charge in [-0.2, -0.15) is 0 Å². The van der Waals surface area contributed by atoms with Gasteiger partial charge in [0.1, 0.15) is 5.75 Å². The minimum atomic E-state index is -0.201. The summed E-state index contributed by atoms with van der Waals surface area (Å²) in [5.74, 6) is 0.532. The van der Waals surface area contributed by atoms with Crippen LogP contribution in [0.25, 0.3) is 0 Å². The molecule has 136 valence electrons. The summed E-state index contributed by atoms with van der Waals surface area (Å²) in [5.41, 5.74) is 2.77. The first-order valence-electron chi connectivity index (χ1n) is 9.02. The van der Waals surface area contributed by atoms with Crippen LogP contribution in [0.3, 0.4) is 0 Å².